The van der Waals surface area contributed by atoms with Gasteiger partial charge in [-0.15, -0.1) is 12.4 Å². The first kappa shape index (κ1) is 26.0. The van der Waals surface area contributed by atoms with E-state index in [4.69, 9.17) is 11.6 Å². The topological polar surface area (TPSA) is 43.8 Å². The van der Waals surface area contributed by atoms with Crippen molar-refractivity contribution in [1.29, 1.82) is 0 Å². The van der Waals surface area contributed by atoms with Crippen LogP contribution in [-0.2, 0) is 5.60 Å². The van der Waals surface area contributed by atoms with Crippen molar-refractivity contribution < 1.29 is 14.3 Å². The van der Waals surface area contributed by atoms with Crippen molar-refractivity contribution in [2.45, 2.75) is 50.5 Å². The van der Waals surface area contributed by atoms with Gasteiger partial charge in [0, 0.05) is 43.2 Å². The lowest BCUT2D eigenvalue weighted by Crippen LogP contribution is -2.42. The summed E-state index contributed by atoms with van der Waals surface area (Å²) in [5, 5.41) is 11.7. The van der Waals surface area contributed by atoms with E-state index in [2.05, 4.69) is 9.80 Å². The average Bonchev–Trinajstić information content (AvgIpc) is 2.81. The molecule has 0 spiro atoms. The van der Waals surface area contributed by atoms with Gasteiger partial charge in [-0.2, -0.15) is 0 Å². The van der Waals surface area contributed by atoms with Crippen LogP contribution in [0.2, 0.25) is 5.02 Å². The summed E-state index contributed by atoms with van der Waals surface area (Å²) in [5.41, 5.74) is 1.50. The number of rotatable bonds is 7. The molecule has 2 aromatic rings. The molecule has 0 aliphatic carbocycles. The predicted octanol–water partition coefficient (Wildman–Crippen LogP) is 5.84. The van der Waals surface area contributed by atoms with Gasteiger partial charge in [0.05, 0.1) is 11.3 Å². The number of benzene rings is 2. The molecule has 0 unspecified atom stereocenters. The van der Waals surface area contributed by atoms with E-state index in [0.29, 0.717) is 29.8 Å². The van der Waals surface area contributed by atoms with E-state index < -0.39 is 5.60 Å². The fourth-order valence-corrected chi connectivity index (χ4v) is 5.06. The molecule has 2 aromatic carbocycles. The minimum absolute atomic E-state index is 0. The summed E-state index contributed by atoms with van der Waals surface area (Å²) < 4.78 is 13.9. The van der Waals surface area contributed by atoms with Crippen LogP contribution in [0, 0.1) is 5.82 Å². The van der Waals surface area contributed by atoms with Gasteiger partial charge in [-0.3, -0.25) is 4.79 Å². The first-order valence-electron chi connectivity index (χ1n) is 11.7. The molecule has 0 aromatic heterocycles. The lowest BCUT2D eigenvalue weighted by atomic mass is 9.84. The van der Waals surface area contributed by atoms with E-state index in [-0.39, 0.29) is 24.0 Å². The highest BCUT2D eigenvalue weighted by Crippen LogP contribution is 2.33. The van der Waals surface area contributed by atoms with Crippen molar-refractivity contribution in [3.05, 3.63) is 64.4 Å². The van der Waals surface area contributed by atoms with Crippen molar-refractivity contribution in [3.63, 3.8) is 0 Å². The molecule has 0 saturated carbocycles. The zero-order chi connectivity index (χ0) is 22.6. The third kappa shape index (κ3) is 6.48. The summed E-state index contributed by atoms with van der Waals surface area (Å²) in [7, 11) is 0. The Morgan fingerprint density at radius 2 is 1.67 bits per heavy atom. The molecule has 4 rings (SSSR count). The Bertz CT molecular complexity index is 924. The molecule has 2 aliphatic heterocycles. The SMILES string of the molecule is Cl.O=C(CCCN1CCC(O)(c2ccc(Cl)cc2)CC1)c1ccc(F)cc1N1CCCCC1. The molecule has 2 aliphatic rings. The molecular weight excluding hydrogens is 462 g/mol. The van der Waals surface area contributed by atoms with E-state index in [1.807, 2.05) is 24.3 Å². The lowest BCUT2D eigenvalue weighted by Gasteiger charge is -2.38. The number of ketones is 1. The van der Waals surface area contributed by atoms with Gasteiger partial charge in [-0.1, -0.05) is 23.7 Å². The second-order valence-electron chi connectivity index (χ2n) is 9.12. The lowest BCUT2D eigenvalue weighted by molar-refractivity contribution is -0.0260. The van der Waals surface area contributed by atoms with Crippen LogP contribution in [-0.4, -0.2) is 48.5 Å². The van der Waals surface area contributed by atoms with Crippen molar-refractivity contribution in [2.24, 2.45) is 0 Å². The smallest absolute Gasteiger partial charge is 0.165 e. The quantitative estimate of drug-likeness (QED) is 0.491. The molecule has 180 valence electrons. The first-order valence-corrected chi connectivity index (χ1v) is 12.1. The molecule has 0 bridgehead atoms. The van der Waals surface area contributed by atoms with Crippen LogP contribution in [0.3, 0.4) is 0 Å². The Morgan fingerprint density at radius 1 is 1.00 bits per heavy atom. The molecule has 0 amide bonds. The second-order valence-corrected chi connectivity index (χ2v) is 9.55. The maximum Gasteiger partial charge on any atom is 0.165 e. The third-order valence-corrected chi connectivity index (χ3v) is 7.15. The number of halogens is 3. The molecule has 2 saturated heterocycles. The third-order valence-electron chi connectivity index (χ3n) is 6.90. The molecule has 7 heteroatoms. The second kappa shape index (κ2) is 11.7. The number of aliphatic hydroxyl groups is 1. The standard InChI is InChI=1S/C26H32ClFN2O2.ClH/c27-21-8-6-20(7-9-21)26(32)12-17-29(18-13-26)14-4-5-25(31)23-11-10-22(28)19-24(23)30-15-2-1-3-16-30;/h6-11,19,32H,1-5,12-18H2;1H. The Kier molecular flexibility index (Phi) is 9.17. The summed E-state index contributed by atoms with van der Waals surface area (Å²) in [6, 6.07) is 12.0. The van der Waals surface area contributed by atoms with Crippen molar-refractivity contribution >= 4 is 35.5 Å². The average molecular weight is 495 g/mol. The van der Waals surface area contributed by atoms with Crippen LogP contribution in [0.5, 0.6) is 0 Å². The number of carbonyl (C=O) groups excluding carboxylic acids is 1. The van der Waals surface area contributed by atoms with Crippen molar-refractivity contribution in [2.75, 3.05) is 37.6 Å². The highest BCUT2D eigenvalue weighted by atomic mass is 35.5. The maximum atomic E-state index is 13.9. The normalized spacial score (nSPS) is 18.6. The van der Waals surface area contributed by atoms with Gasteiger partial charge in [0.15, 0.2) is 5.78 Å². The van der Waals surface area contributed by atoms with Crippen LogP contribution in [0.25, 0.3) is 0 Å². The van der Waals surface area contributed by atoms with Gasteiger partial charge in [-0.05, 0) is 81.0 Å². The minimum atomic E-state index is -0.811. The van der Waals surface area contributed by atoms with Crippen LogP contribution in [0.1, 0.15) is 60.9 Å². The molecule has 33 heavy (non-hydrogen) atoms. The fraction of sp³-hybridized carbons (Fsp3) is 0.500. The summed E-state index contributed by atoms with van der Waals surface area (Å²) in [6.45, 7) is 4.18. The van der Waals surface area contributed by atoms with Crippen LogP contribution >= 0.6 is 24.0 Å². The minimum Gasteiger partial charge on any atom is -0.385 e. The maximum absolute atomic E-state index is 13.9. The summed E-state index contributed by atoms with van der Waals surface area (Å²) in [6.07, 6.45) is 5.90. The number of piperidine rings is 2. The van der Waals surface area contributed by atoms with Crippen molar-refractivity contribution in [1.82, 2.24) is 4.90 Å². The number of anilines is 1. The number of carbonyl (C=O) groups is 1. The van der Waals surface area contributed by atoms with Crippen molar-refractivity contribution in [3.8, 4) is 0 Å². The largest absolute Gasteiger partial charge is 0.385 e. The number of Topliss-reactive ketones (excluding diaryl/α,β-unsaturated/α-hetero) is 1. The van der Waals surface area contributed by atoms with E-state index in [1.165, 1.54) is 18.6 Å². The predicted molar refractivity (Wildman–Crippen MR) is 134 cm³/mol. The van der Waals surface area contributed by atoms with Gasteiger partial charge in [0.25, 0.3) is 0 Å². The zero-order valence-corrected chi connectivity index (χ0v) is 20.5. The Balaban J connectivity index is 0.00000306. The molecular formula is C26H33Cl2FN2O2. The fourth-order valence-electron chi connectivity index (χ4n) is 4.93. The summed E-state index contributed by atoms with van der Waals surface area (Å²) in [5.74, 6) is -0.205. The number of nitrogens with zero attached hydrogens (tertiary/aromatic N) is 2. The highest BCUT2D eigenvalue weighted by molar-refractivity contribution is 6.30. The van der Waals surface area contributed by atoms with Gasteiger partial charge in [-0.25, -0.2) is 4.39 Å². The molecule has 2 heterocycles. The first-order chi connectivity index (χ1) is 15.4. The molecule has 0 radical (unpaired) electrons. The van der Waals surface area contributed by atoms with Crippen LogP contribution in [0.15, 0.2) is 42.5 Å². The monoisotopic (exact) mass is 494 g/mol. The van der Waals surface area contributed by atoms with E-state index >= 15 is 0 Å². The zero-order valence-electron chi connectivity index (χ0n) is 18.9. The Labute approximate surface area is 207 Å². The van der Waals surface area contributed by atoms with Gasteiger partial charge in [0.1, 0.15) is 5.82 Å². The molecule has 1 N–H and O–H groups in total. The van der Waals surface area contributed by atoms with Gasteiger partial charge < -0.3 is 14.9 Å². The summed E-state index contributed by atoms with van der Waals surface area (Å²) in [4.78, 5) is 17.4. The number of hydrogen-bond acceptors (Lipinski definition) is 4. The van der Waals surface area contributed by atoms with Gasteiger partial charge >= 0.3 is 0 Å². The molecule has 2 fully saturated rings. The van der Waals surface area contributed by atoms with Crippen LogP contribution < -0.4 is 4.90 Å². The Hall–Kier alpha value is -1.66. The van der Waals surface area contributed by atoms with E-state index in [1.54, 1.807) is 6.07 Å². The van der Waals surface area contributed by atoms with E-state index in [9.17, 15) is 14.3 Å². The van der Waals surface area contributed by atoms with E-state index in [0.717, 1.165) is 63.2 Å². The number of likely N-dealkylation sites (tertiary alicyclic amines) is 1. The molecule has 0 atom stereocenters. The van der Waals surface area contributed by atoms with Gasteiger partial charge in [0.2, 0.25) is 0 Å². The summed E-state index contributed by atoms with van der Waals surface area (Å²) >= 11 is 5.97. The molecule has 4 nitrogen and oxygen atoms in total. The number of hydrogen-bond donors (Lipinski definition) is 1. The Morgan fingerprint density at radius 3 is 2.33 bits per heavy atom. The van der Waals surface area contributed by atoms with Crippen LogP contribution in [0.4, 0.5) is 10.1 Å². The highest BCUT2D eigenvalue weighted by Gasteiger charge is 2.33.